The van der Waals surface area contributed by atoms with Gasteiger partial charge in [0.1, 0.15) is 5.78 Å². The summed E-state index contributed by atoms with van der Waals surface area (Å²) in [6.07, 6.45) is 0.667. The van der Waals surface area contributed by atoms with Crippen molar-refractivity contribution in [2.24, 2.45) is 0 Å². The molecule has 0 aliphatic rings. The number of hydrogen-bond donors (Lipinski definition) is 0. The molecule has 0 bridgehead atoms. The molecule has 0 fully saturated rings. The molecule has 0 saturated heterocycles. The Morgan fingerprint density at radius 1 is 0.917 bits per heavy atom. The van der Waals surface area contributed by atoms with Crippen molar-refractivity contribution in [1.29, 1.82) is 0 Å². The summed E-state index contributed by atoms with van der Waals surface area (Å²) < 4.78 is 0. The second-order valence-corrected chi connectivity index (χ2v) is 2.17. The molecule has 0 N–H and O–H groups in total. The fourth-order valence-electron chi connectivity index (χ4n) is 0. The van der Waals surface area contributed by atoms with Gasteiger partial charge in [0.25, 0.3) is 0 Å². The lowest BCUT2D eigenvalue weighted by atomic mass is 10.3. The Kier molecular flexibility index (Phi) is 14.3. The molecule has 0 aromatic rings. The van der Waals surface area contributed by atoms with Gasteiger partial charge in [-0.1, -0.05) is 14.4 Å². The first-order valence-corrected chi connectivity index (χ1v) is 3.42. The third-order valence-electron chi connectivity index (χ3n) is 0.994. The van der Waals surface area contributed by atoms with E-state index in [0.29, 0.717) is 6.42 Å². The molecule has 3 nitrogen and oxygen atoms in total. The van der Waals surface area contributed by atoms with Crippen LogP contribution in [0.1, 0.15) is 41.5 Å². The molecule has 3 heteroatoms. The normalized spacial score (nSPS) is 7.00. The standard InChI is InChI=1S/C4H6O2.C4H8O.CH4/c1-3(5)4(2)6;1-3-4(2)5;/h1-2H3;3H2,1-2H3;1H4. The Labute approximate surface area is 74.2 Å². The number of carbonyl (C=O) groups is 3. The van der Waals surface area contributed by atoms with E-state index in [1.54, 1.807) is 6.92 Å². The smallest absolute Gasteiger partial charge is 0.195 e. The average molecular weight is 174 g/mol. The second kappa shape index (κ2) is 10.0. The lowest BCUT2D eigenvalue weighted by molar-refractivity contribution is -0.134. The first kappa shape index (κ1) is 17.2. The third kappa shape index (κ3) is 23.0. The number of rotatable bonds is 2. The molecular formula is C9H18O3. The Balaban J connectivity index is -0.000000126. The lowest BCUT2D eigenvalue weighted by Gasteiger charge is -1.73. The molecule has 0 saturated carbocycles. The topological polar surface area (TPSA) is 51.2 Å². The van der Waals surface area contributed by atoms with E-state index in [-0.39, 0.29) is 24.8 Å². The molecule has 0 aliphatic carbocycles. The number of carbonyl (C=O) groups excluding carboxylic acids is 3. The van der Waals surface area contributed by atoms with Crippen molar-refractivity contribution in [3.8, 4) is 0 Å². The van der Waals surface area contributed by atoms with Crippen LogP contribution in [0.2, 0.25) is 0 Å². The van der Waals surface area contributed by atoms with Gasteiger partial charge in [0, 0.05) is 20.3 Å². The van der Waals surface area contributed by atoms with Gasteiger partial charge < -0.3 is 4.79 Å². The van der Waals surface area contributed by atoms with E-state index in [0.717, 1.165) is 0 Å². The molecule has 0 atom stereocenters. The van der Waals surface area contributed by atoms with Crippen molar-refractivity contribution < 1.29 is 14.4 Å². The minimum atomic E-state index is -0.380. The monoisotopic (exact) mass is 174 g/mol. The summed E-state index contributed by atoms with van der Waals surface area (Å²) in [6, 6.07) is 0. The van der Waals surface area contributed by atoms with Crippen LogP contribution in [0.5, 0.6) is 0 Å². The fourth-order valence-corrected chi connectivity index (χ4v) is 0. The molecule has 12 heavy (non-hydrogen) atoms. The van der Waals surface area contributed by atoms with Gasteiger partial charge in [0.15, 0.2) is 11.6 Å². The van der Waals surface area contributed by atoms with Crippen molar-refractivity contribution in [3.05, 3.63) is 0 Å². The van der Waals surface area contributed by atoms with E-state index < -0.39 is 0 Å². The molecule has 0 rings (SSSR count). The molecule has 0 aromatic carbocycles. The van der Waals surface area contributed by atoms with E-state index in [1.807, 2.05) is 6.92 Å². The van der Waals surface area contributed by atoms with Crippen LogP contribution >= 0.6 is 0 Å². The first-order valence-electron chi connectivity index (χ1n) is 3.42. The summed E-state index contributed by atoms with van der Waals surface area (Å²) in [4.78, 5) is 29.4. The first-order chi connectivity index (χ1) is 4.91. The highest BCUT2D eigenvalue weighted by Crippen LogP contribution is 1.71. The fraction of sp³-hybridized carbons (Fsp3) is 0.667. The molecule has 72 valence electrons. The quantitative estimate of drug-likeness (QED) is 0.600. The molecule has 0 amide bonds. The van der Waals surface area contributed by atoms with Crippen LogP contribution in [0.3, 0.4) is 0 Å². The highest BCUT2D eigenvalue weighted by Gasteiger charge is 1.94. The van der Waals surface area contributed by atoms with Gasteiger partial charge in [-0.3, -0.25) is 9.59 Å². The van der Waals surface area contributed by atoms with Crippen LogP contribution in [-0.2, 0) is 14.4 Å². The van der Waals surface area contributed by atoms with Crippen molar-refractivity contribution in [1.82, 2.24) is 0 Å². The summed E-state index contributed by atoms with van der Waals surface area (Å²) in [7, 11) is 0. The third-order valence-corrected chi connectivity index (χ3v) is 0.994. The van der Waals surface area contributed by atoms with Crippen molar-refractivity contribution in [3.63, 3.8) is 0 Å². The maximum atomic E-state index is 9.81. The predicted octanol–water partition coefficient (Wildman–Crippen LogP) is 1.79. The molecule has 0 aliphatic heterocycles. The molecular weight excluding hydrogens is 156 g/mol. The Bertz CT molecular complexity index is 147. The Hall–Kier alpha value is -0.990. The number of hydrogen-bond acceptors (Lipinski definition) is 3. The van der Waals surface area contributed by atoms with E-state index >= 15 is 0 Å². The summed E-state index contributed by atoms with van der Waals surface area (Å²) in [6.45, 7) is 5.94. The SMILES string of the molecule is C.CC(=O)C(C)=O.CCC(C)=O. The zero-order chi connectivity index (χ0) is 9.44. The van der Waals surface area contributed by atoms with Gasteiger partial charge >= 0.3 is 0 Å². The predicted molar refractivity (Wildman–Crippen MR) is 49.1 cm³/mol. The minimum Gasteiger partial charge on any atom is -0.300 e. The van der Waals surface area contributed by atoms with E-state index in [2.05, 4.69) is 0 Å². The van der Waals surface area contributed by atoms with Gasteiger partial charge in [0.05, 0.1) is 0 Å². The molecule has 0 unspecified atom stereocenters. The van der Waals surface area contributed by atoms with Gasteiger partial charge in [-0.2, -0.15) is 0 Å². The lowest BCUT2D eigenvalue weighted by Crippen LogP contribution is -2.01. The zero-order valence-corrected chi connectivity index (χ0v) is 7.43. The van der Waals surface area contributed by atoms with Crippen LogP contribution < -0.4 is 0 Å². The van der Waals surface area contributed by atoms with E-state index in [4.69, 9.17) is 0 Å². The maximum Gasteiger partial charge on any atom is 0.195 e. The minimum absolute atomic E-state index is 0. The second-order valence-electron chi connectivity index (χ2n) is 2.17. The van der Waals surface area contributed by atoms with E-state index in [1.165, 1.54) is 13.8 Å². The number of ketones is 3. The summed E-state index contributed by atoms with van der Waals surface area (Å²) in [5.41, 5.74) is 0. The number of Topliss-reactive ketones (excluding diaryl/α,β-unsaturated/α-hetero) is 3. The highest BCUT2D eigenvalue weighted by molar-refractivity contribution is 6.35. The van der Waals surface area contributed by atoms with Crippen LogP contribution in [0.25, 0.3) is 0 Å². The summed E-state index contributed by atoms with van der Waals surface area (Å²) >= 11 is 0. The summed E-state index contributed by atoms with van der Waals surface area (Å²) in [5.74, 6) is -0.505. The zero-order valence-electron chi connectivity index (χ0n) is 7.43. The van der Waals surface area contributed by atoms with Gasteiger partial charge in [-0.05, 0) is 6.92 Å². The maximum absolute atomic E-state index is 9.81. The Morgan fingerprint density at radius 2 is 1.08 bits per heavy atom. The molecule has 0 radical (unpaired) electrons. The largest absolute Gasteiger partial charge is 0.300 e. The van der Waals surface area contributed by atoms with Crippen LogP contribution in [0, 0.1) is 0 Å². The van der Waals surface area contributed by atoms with Crippen molar-refractivity contribution >= 4 is 17.3 Å². The van der Waals surface area contributed by atoms with Crippen LogP contribution in [-0.4, -0.2) is 17.3 Å². The van der Waals surface area contributed by atoms with E-state index in [9.17, 15) is 14.4 Å². The van der Waals surface area contributed by atoms with Crippen LogP contribution in [0.4, 0.5) is 0 Å². The van der Waals surface area contributed by atoms with Crippen molar-refractivity contribution in [2.45, 2.75) is 41.5 Å². The highest BCUT2D eigenvalue weighted by atomic mass is 16.2. The van der Waals surface area contributed by atoms with Crippen LogP contribution in [0.15, 0.2) is 0 Å². The van der Waals surface area contributed by atoms with Gasteiger partial charge in [-0.15, -0.1) is 0 Å². The average Bonchev–Trinajstić information content (AvgIpc) is 1.89. The van der Waals surface area contributed by atoms with Gasteiger partial charge in [-0.25, -0.2) is 0 Å². The van der Waals surface area contributed by atoms with Crippen molar-refractivity contribution in [2.75, 3.05) is 0 Å². The van der Waals surface area contributed by atoms with Gasteiger partial charge in [0.2, 0.25) is 0 Å². The Morgan fingerprint density at radius 3 is 1.08 bits per heavy atom. The molecule has 0 spiro atoms. The summed E-state index contributed by atoms with van der Waals surface area (Å²) in [5, 5.41) is 0. The molecule has 0 aromatic heterocycles. The molecule has 0 heterocycles.